The molecule has 0 atom stereocenters. The summed E-state index contributed by atoms with van der Waals surface area (Å²) < 4.78 is 65.4. The third-order valence-electron chi connectivity index (χ3n) is 3.55. The van der Waals surface area contributed by atoms with E-state index in [1.165, 1.54) is 24.3 Å². The van der Waals surface area contributed by atoms with E-state index in [0.717, 1.165) is 24.3 Å². The monoisotopic (exact) mass is 427 g/mol. The Balaban J connectivity index is 1.98. The minimum atomic E-state index is -4.77. The SMILES string of the molecule is O=C(NN(C(=O)c1cccc(F)c1)c1nc(C(F)(F)F)cs1)c1cccc(F)c1. The number of carbonyl (C=O) groups excluding carboxylic acids is 2. The zero-order valence-corrected chi connectivity index (χ0v) is 15.0. The third-order valence-corrected chi connectivity index (χ3v) is 4.37. The number of hydrazine groups is 1. The van der Waals surface area contributed by atoms with Crippen LogP contribution in [0.1, 0.15) is 26.4 Å². The van der Waals surface area contributed by atoms with Gasteiger partial charge in [-0.05, 0) is 36.4 Å². The lowest BCUT2D eigenvalue weighted by molar-refractivity contribution is -0.140. The van der Waals surface area contributed by atoms with Crippen molar-refractivity contribution in [2.75, 3.05) is 5.01 Å². The quantitative estimate of drug-likeness (QED) is 0.497. The lowest BCUT2D eigenvalue weighted by Crippen LogP contribution is -2.46. The number of halogens is 5. The average Bonchev–Trinajstić information content (AvgIpc) is 3.16. The Morgan fingerprint density at radius 1 is 0.966 bits per heavy atom. The molecule has 0 spiro atoms. The number of alkyl halides is 3. The molecule has 0 aliphatic rings. The van der Waals surface area contributed by atoms with Crippen molar-refractivity contribution < 1.29 is 31.5 Å². The Bertz CT molecular complexity index is 1070. The molecule has 2 amide bonds. The van der Waals surface area contributed by atoms with Gasteiger partial charge in [0.25, 0.3) is 11.8 Å². The number of benzene rings is 2. The molecule has 11 heteroatoms. The number of amides is 2. The summed E-state index contributed by atoms with van der Waals surface area (Å²) in [5, 5.41) is 0.619. The summed E-state index contributed by atoms with van der Waals surface area (Å²) >= 11 is 0.443. The maximum atomic E-state index is 13.5. The van der Waals surface area contributed by atoms with Crippen LogP contribution < -0.4 is 10.4 Å². The van der Waals surface area contributed by atoms with Gasteiger partial charge in [-0.25, -0.2) is 13.8 Å². The van der Waals surface area contributed by atoms with Crippen molar-refractivity contribution in [3.05, 3.63) is 82.4 Å². The molecule has 1 N–H and O–H groups in total. The predicted molar refractivity (Wildman–Crippen MR) is 94.2 cm³/mol. The zero-order valence-electron chi connectivity index (χ0n) is 14.2. The molecule has 0 bridgehead atoms. The molecule has 5 nitrogen and oxygen atoms in total. The van der Waals surface area contributed by atoms with Gasteiger partial charge in [-0.1, -0.05) is 12.1 Å². The fourth-order valence-electron chi connectivity index (χ4n) is 2.23. The minimum absolute atomic E-state index is 0.186. The number of hydrogen-bond acceptors (Lipinski definition) is 4. The standard InChI is InChI=1S/C18H10F5N3O2S/c19-12-5-1-3-10(7-12)15(27)25-26(16(28)11-4-2-6-13(20)8-11)17-24-14(9-29-17)18(21,22)23/h1-9H,(H,25,27). The molecule has 0 saturated carbocycles. The van der Waals surface area contributed by atoms with Crippen molar-refractivity contribution in [3.63, 3.8) is 0 Å². The molecular formula is C18H10F5N3O2S. The predicted octanol–water partition coefficient (Wildman–Crippen LogP) is 4.43. The molecule has 1 heterocycles. The first-order chi connectivity index (χ1) is 13.6. The summed E-state index contributed by atoms with van der Waals surface area (Å²) in [6.45, 7) is 0. The van der Waals surface area contributed by atoms with E-state index in [4.69, 9.17) is 0 Å². The Kier molecular flexibility index (Phi) is 5.59. The zero-order chi connectivity index (χ0) is 21.2. The summed E-state index contributed by atoms with van der Waals surface area (Å²) in [4.78, 5) is 28.5. The Hall–Kier alpha value is -3.34. The lowest BCUT2D eigenvalue weighted by Gasteiger charge is -2.20. The molecule has 0 radical (unpaired) electrons. The van der Waals surface area contributed by atoms with Gasteiger partial charge in [0, 0.05) is 16.5 Å². The molecule has 3 aromatic rings. The van der Waals surface area contributed by atoms with Crippen molar-refractivity contribution >= 4 is 28.3 Å². The van der Waals surface area contributed by atoms with Crippen LogP contribution in [0.5, 0.6) is 0 Å². The van der Waals surface area contributed by atoms with Crippen LogP contribution in [0.4, 0.5) is 27.1 Å². The van der Waals surface area contributed by atoms with E-state index in [0.29, 0.717) is 21.7 Å². The minimum Gasteiger partial charge on any atom is -0.267 e. The van der Waals surface area contributed by atoms with E-state index < -0.39 is 40.5 Å². The number of thiazole rings is 1. The van der Waals surface area contributed by atoms with Crippen molar-refractivity contribution in [2.24, 2.45) is 0 Å². The second-order valence-corrected chi connectivity index (χ2v) is 6.45. The van der Waals surface area contributed by atoms with Crippen LogP contribution in [0.25, 0.3) is 0 Å². The average molecular weight is 427 g/mol. The number of rotatable bonds is 3. The summed E-state index contributed by atoms with van der Waals surface area (Å²) in [6.07, 6.45) is -4.77. The van der Waals surface area contributed by atoms with Crippen LogP contribution in [-0.2, 0) is 6.18 Å². The van der Waals surface area contributed by atoms with Crippen LogP contribution in [-0.4, -0.2) is 16.8 Å². The molecule has 29 heavy (non-hydrogen) atoms. The maximum absolute atomic E-state index is 13.5. The van der Waals surface area contributed by atoms with E-state index in [1.54, 1.807) is 0 Å². The van der Waals surface area contributed by atoms with E-state index in [2.05, 4.69) is 10.4 Å². The molecule has 150 valence electrons. The first-order valence-electron chi connectivity index (χ1n) is 7.84. The second-order valence-electron chi connectivity index (χ2n) is 5.62. The fraction of sp³-hybridized carbons (Fsp3) is 0.0556. The number of anilines is 1. The number of hydrogen-bond donors (Lipinski definition) is 1. The summed E-state index contributed by atoms with van der Waals surface area (Å²) in [6, 6.07) is 8.80. The van der Waals surface area contributed by atoms with Gasteiger partial charge in [-0.15, -0.1) is 11.3 Å². The third kappa shape index (κ3) is 4.74. The highest BCUT2D eigenvalue weighted by molar-refractivity contribution is 7.14. The molecule has 0 fully saturated rings. The van der Waals surface area contributed by atoms with Crippen LogP contribution in [0.2, 0.25) is 0 Å². The van der Waals surface area contributed by atoms with Crippen molar-refractivity contribution in [3.8, 4) is 0 Å². The van der Waals surface area contributed by atoms with Crippen LogP contribution in [0.15, 0.2) is 53.9 Å². The fourth-order valence-corrected chi connectivity index (χ4v) is 3.02. The van der Waals surface area contributed by atoms with E-state index in [-0.39, 0.29) is 11.1 Å². The van der Waals surface area contributed by atoms with Crippen LogP contribution in [0.3, 0.4) is 0 Å². The van der Waals surface area contributed by atoms with E-state index >= 15 is 0 Å². The lowest BCUT2D eigenvalue weighted by atomic mass is 10.2. The van der Waals surface area contributed by atoms with Crippen molar-refractivity contribution in [2.45, 2.75) is 6.18 Å². The summed E-state index contributed by atoms with van der Waals surface area (Å²) in [7, 11) is 0. The topological polar surface area (TPSA) is 62.3 Å². The highest BCUT2D eigenvalue weighted by Crippen LogP contribution is 2.33. The molecular weight excluding hydrogens is 417 g/mol. The first-order valence-corrected chi connectivity index (χ1v) is 8.72. The second kappa shape index (κ2) is 7.95. The molecule has 3 rings (SSSR count). The van der Waals surface area contributed by atoms with Gasteiger partial charge in [0.15, 0.2) is 5.69 Å². The molecule has 0 aliphatic heterocycles. The maximum Gasteiger partial charge on any atom is 0.434 e. The van der Waals surface area contributed by atoms with E-state index in [1.807, 2.05) is 0 Å². The van der Waals surface area contributed by atoms with Crippen molar-refractivity contribution in [1.82, 2.24) is 10.4 Å². The highest BCUT2D eigenvalue weighted by Gasteiger charge is 2.35. The Morgan fingerprint density at radius 2 is 1.55 bits per heavy atom. The molecule has 0 unspecified atom stereocenters. The van der Waals surface area contributed by atoms with Gasteiger partial charge in [0.2, 0.25) is 5.13 Å². The van der Waals surface area contributed by atoms with Crippen LogP contribution in [0, 0.1) is 11.6 Å². The number of aromatic nitrogens is 1. The Labute approximate surface area is 164 Å². The first kappa shape index (κ1) is 20.4. The van der Waals surface area contributed by atoms with Crippen LogP contribution >= 0.6 is 11.3 Å². The molecule has 1 aromatic heterocycles. The smallest absolute Gasteiger partial charge is 0.267 e. The van der Waals surface area contributed by atoms with Gasteiger partial charge in [0.05, 0.1) is 0 Å². The molecule has 2 aromatic carbocycles. The normalized spacial score (nSPS) is 11.2. The number of nitrogens with one attached hydrogen (secondary N) is 1. The number of nitrogens with zero attached hydrogens (tertiary/aromatic N) is 2. The van der Waals surface area contributed by atoms with Gasteiger partial charge in [0.1, 0.15) is 11.6 Å². The highest BCUT2D eigenvalue weighted by atomic mass is 32.1. The summed E-state index contributed by atoms with van der Waals surface area (Å²) in [5.74, 6) is -3.49. The molecule has 0 aliphatic carbocycles. The van der Waals surface area contributed by atoms with Gasteiger partial charge in [-0.2, -0.15) is 18.2 Å². The Morgan fingerprint density at radius 3 is 2.10 bits per heavy atom. The largest absolute Gasteiger partial charge is 0.434 e. The van der Waals surface area contributed by atoms with E-state index in [9.17, 15) is 31.5 Å². The van der Waals surface area contributed by atoms with Gasteiger partial charge in [-0.3, -0.25) is 15.0 Å². The van der Waals surface area contributed by atoms with Crippen molar-refractivity contribution in [1.29, 1.82) is 0 Å². The number of carbonyl (C=O) groups is 2. The van der Waals surface area contributed by atoms with Gasteiger partial charge >= 0.3 is 6.18 Å². The molecule has 0 saturated heterocycles. The summed E-state index contributed by atoms with van der Waals surface area (Å²) in [5.41, 5.74) is 0.399. The van der Waals surface area contributed by atoms with Gasteiger partial charge < -0.3 is 0 Å².